The van der Waals surface area contributed by atoms with Crippen molar-refractivity contribution in [3.63, 3.8) is 0 Å². The van der Waals surface area contributed by atoms with E-state index in [-0.39, 0.29) is 18.1 Å². The van der Waals surface area contributed by atoms with Crippen molar-refractivity contribution in [1.29, 1.82) is 0 Å². The summed E-state index contributed by atoms with van der Waals surface area (Å²) in [4.78, 5) is 41.9. The smallest absolute Gasteiger partial charge is 0.286 e. The lowest BCUT2D eigenvalue weighted by molar-refractivity contribution is -0.122. The van der Waals surface area contributed by atoms with Gasteiger partial charge in [-0.3, -0.25) is 19.0 Å². The zero-order valence-electron chi connectivity index (χ0n) is 17.7. The van der Waals surface area contributed by atoms with Crippen LogP contribution in [0.4, 0.5) is 5.69 Å². The molecule has 1 aromatic carbocycles. The number of ketones is 1. The van der Waals surface area contributed by atoms with E-state index in [0.717, 1.165) is 0 Å². The number of nitrogens with zero attached hydrogens (tertiary/aromatic N) is 4. The molecular formula is C21H24N6O4. The Labute approximate surface area is 178 Å². The van der Waals surface area contributed by atoms with Crippen LogP contribution in [0.15, 0.2) is 45.7 Å². The van der Waals surface area contributed by atoms with Crippen LogP contribution in [0, 0.1) is 0 Å². The standard InChI is InChI=1S/C21H24N6O4/c1-12(16(29)18-25-26-20(31-18)21(2,3)4)24-15(28)11-27-17(13-8-6-5-7-9-13)23-10-14(22)19(27)30/h5-10,12H,11,22H2,1-4H3,(H,24,28). The van der Waals surface area contributed by atoms with Gasteiger partial charge in [0.05, 0.1) is 12.2 Å². The molecule has 0 saturated carbocycles. The summed E-state index contributed by atoms with van der Waals surface area (Å²) in [6.45, 7) is 6.76. The van der Waals surface area contributed by atoms with E-state index in [0.29, 0.717) is 17.3 Å². The van der Waals surface area contributed by atoms with Gasteiger partial charge in [0.1, 0.15) is 18.1 Å². The first kappa shape index (κ1) is 21.9. The quantitative estimate of drug-likeness (QED) is 0.567. The van der Waals surface area contributed by atoms with Crippen molar-refractivity contribution < 1.29 is 14.0 Å². The van der Waals surface area contributed by atoms with Crippen LogP contribution in [0.3, 0.4) is 0 Å². The Bertz CT molecular complexity index is 1160. The van der Waals surface area contributed by atoms with Crippen molar-refractivity contribution in [2.45, 2.75) is 45.7 Å². The summed E-state index contributed by atoms with van der Waals surface area (Å²) in [5.41, 5.74) is 5.31. The van der Waals surface area contributed by atoms with Gasteiger partial charge in [-0.2, -0.15) is 0 Å². The van der Waals surface area contributed by atoms with Crippen LogP contribution in [0.2, 0.25) is 0 Å². The highest BCUT2D eigenvalue weighted by Gasteiger charge is 2.27. The van der Waals surface area contributed by atoms with Gasteiger partial charge in [-0.25, -0.2) is 4.98 Å². The molecule has 0 radical (unpaired) electrons. The molecule has 0 aliphatic carbocycles. The van der Waals surface area contributed by atoms with E-state index in [1.54, 1.807) is 24.3 Å². The Hall–Kier alpha value is -3.82. The number of nitrogens with one attached hydrogen (secondary N) is 1. The fraction of sp³-hybridized carbons (Fsp3) is 0.333. The van der Waals surface area contributed by atoms with Crippen LogP contribution in [0.1, 0.15) is 44.3 Å². The third kappa shape index (κ3) is 4.85. The minimum atomic E-state index is -0.939. The molecule has 10 heteroatoms. The second kappa shape index (κ2) is 8.50. The average molecular weight is 424 g/mol. The Morgan fingerprint density at radius 1 is 1.19 bits per heavy atom. The molecule has 0 bridgehead atoms. The van der Waals surface area contributed by atoms with Crippen molar-refractivity contribution >= 4 is 17.4 Å². The van der Waals surface area contributed by atoms with Crippen LogP contribution in [0.25, 0.3) is 11.4 Å². The predicted octanol–water partition coefficient (Wildman–Crippen LogP) is 1.56. The number of nitrogen functional groups attached to an aromatic ring is 1. The third-order valence-corrected chi connectivity index (χ3v) is 4.46. The molecule has 162 valence electrons. The van der Waals surface area contributed by atoms with E-state index in [1.807, 2.05) is 26.8 Å². The van der Waals surface area contributed by atoms with Crippen molar-refractivity contribution in [3.8, 4) is 11.4 Å². The molecule has 2 heterocycles. The van der Waals surface area contributed by atoms with Crippen LogP contribution in [0.5, 0.6) is 0 Å². The SMILES string of the molecule is CC(NC(=O)Cn1c(-c2ccccc2)ncc(N)c1=O)C(=O)c1nnc(C(C)(C)C)o1. The number of Topliss-reactive ketones (excluding diaryl/α,β-unsaturated/α-hetero) is 1. The molecule has 0 fully saturated rings. The maximum absolute atomic E-state index is 12.6. The van der Waals surface area contributed by atoms with E-state index >= 15 is 0 Å². The van der Waals surface area contributed by atoms with Crippen molar-refractivity contribution in [1.82, 2.24) is 25.1 Å². The van der Waals surface area contributed by atoms with Gasteiger partial charge in [-0.1, -0.05) is 51.1 Å². The molecule has 3 rings (SSSR count). The third-order valence-electron chi connectivity index (χ3n) is 4.46. The summed E-state index contributed by atoms with van der Waals surface area (Å²) in [7, 11) is 0. The fourth-order valence-electron chi connectivity index (χ4n) is 2.78. The molecule has 0 aliphatic heterocycles. The summed E-state index contributed by atoms with van der Waals surface area (Å²) >= 11 is 0. The van der Waals surface area contributed by atoms with Gasteiger partial charge in [0, 0.05) is 11.0 Å². The molecule has 31 heavy (non-hydrogen) atoms. The Kier molecular flexibility index (Phi) is 6.00. The summed E-state index contributed by atoms with van der Waals surface area (Å²) < 4.78 is 6.61. The minimum absolute atomic E-state index is 0.0859. The van der Waals surface area contributed by atoms with Crippen molar-refractivity contribution in [3.05, 3.63) is 58.7 Å². The molecule has 10 nitrogen and oxygen atoms in total. The van der Waals surface area contributed by atoms with Crippen LogP contribution < -0.4 is 16.6 Å². The number of aromatic nitrogens is 4. The molecule has 0 aliphatic rings. The topological polar surface area (TPSA) is 146 Å². The van der Waals surface area contributed by atoms with Crippen molar-refractivity contribution in [2.75, 3.05) is 5.73 Å². The number of carbonyl (C=O) groups is 2. The van der Waals surface area contributed by atoms with Gasteiger partial charge in [0.2, 0.25) is 17.6 Å². The molecule has 0 saturated heterocycles. The lowest BCUT2D eigenvalue weighted by Crippen LogP contribution is -2.42. The number of hydrogen-bond acceptors (Lipinski definition) is 8. The second-order valence-corrected chi connectivity index (χ2v) is 8.11. The monoisotopic (exact) mass is 424 g/mol. The number of nitrogens with two attached hydrogens (primary N) is 1. The molecular weight excluding hydrogens is 400 g/mol. The molecule has 3 N–H and O–H groups in total. The second-order valence-electron chi connectivity index (χ2n) is 8.11. The summed E-state index contributed by atoms with van der Waals surface area (Å²) in [6, 6.07) is 8.00. The van der Waals surface area contributed by atoms with E-state index in [1.165, 1.54) is 17.7 Å². The Balaban J connectivity index is 1.78. The highest BCUT2D eigenvalue weighted by Crippen LogP contribution is 2.20. The van der Waals surface area contributed by atoms with Gasteiger partial charge in [-0.15, -0.1) is 10.2 Å². The van der Waals surface area contributed by atoms with Crippen molar-refractivity contribution in [2.24, 2.45) is 0 Å². The van der Waals surface area contributed by atoms with Gasteiger partial charge in [-0.05, 0) is 6.92 Å². The highest BCUT2D eigenvalue weighted by atomic mass is 16.4. The van der Waals surface area contributed by atoms with E-state index in [4.69, 9.17) is 10.2 Å². The van der Waals surface area contributed by atoms with E-state index < -0.39 is 28.7 Å². The predicted molar refractivity (Wildman–Crippen MR) is 113 cm³/mol. The first-order valence-corrected chi connectivity index (χ1v) is 9.66. The number of carbonyl (C=O) groups excluding carboxylic acids is 2. The summed E-state index contributed by atoms with van der Waals surface area (Å²) in [5, 5.41) is 10.2. The highest BCUT2D eigenvalue weighted by molar-refractivity contribution is 5.98. The number of rotatable bonds is 6. The average Bonchev–Trinajstić information content (AvgIpc) is 3.22. The normalized spacial score (nSPS) is 12.4. The number of benzene rings is 1. The van der Waals surface area contributed by atoms with E-state index in [9.17, 15) is 14.4 Å². The number of hydrogen-bond donors (Lipinski definition) is 2. The largest absolute Gasteiger partial charge is 0.418 e. The maximum atomic E-state index is 12.6. The fourth-order valence-corrected chi connectivity index (χ4v) is 2.78. The first-order chi connectivity index (χ1) is 14.6. The molecule has 2 aromatic heterocycles. The zero-order chi connectivity index (χ0) is 22.8. The van der Waals surface area contributed by atoms with Gasteiger partial charge in [0.15, 0.2) is 0 Å². The lowest BCUT2D eigenvalue weighted by atomic mass is 9.97. The molecule has 1 amide bonds. The molecule has 3 aromatic rings. The Morgan fingerprint density at radius 2 is 1.87 bits per heavy atom. The van der Waals surface area contributed by atoms with E-state index in [2.05, 4.69) is 20.5 Å². The zero-order valence-corrected chi connectivity index (χ0v) is 17.7. The number of amides is 1. The first-order valence-electron chi connectivity index (χ1n) is 9.66. The molecule has 1 unspecified atom stereocenters. The summed E-state index contributed by atoms with van der Waals surface area (Å²) in [5.74, 6) is -0.675. The van der Waals surface area contributed by atoms with Crippen LogP contribution in [-0.4, -0.2) is 37.5 Å². The molecule has 0 spiro atoms. The van der Waals surface area contributed by atoms with Crippen LogP contribution >= 0.6 is 0 Å². The van der Waals surface area contributed by atoms with Gasteiger partial charge in [0.25, 0.3) is 11.4 Å². The lowest BCUT2D eigenvalue weighted by Gasteiger charge is -2.15. The van der Waals surface area contributed by atoms with Gasteiger partial charge < -0.3 is 15.5 Å². The van der Waals surface area contributed by atoms with Crippen LogP contribution in [-0.2, 0) is 16.8 Å². The molecule has 1 atom stereocenters. The Morgan fingerprint density at radius 3 is 2.48 bits per heavy atom. The van der Waals surface area contributed by atoms with Gasteiger partial charge >= 0.3 is 0 Å². The summed E-state index contributed by atoms with van der Waals surface area (Å²) in [6.07, 6.45) is 1.26. The number of anilines is 1. The maximum Gasteiger partial charge on any atom is 0.286 e. The minimum Gasteiger partial charge on any atom is -0.418 e.